The van der Waals surface area contributed by atoms with Gasteiger partial charge >= 0.3 is 0 Å². The van der Waals surface area contributed by atoms with Crippen LogP contribution in [0.25, 0.3) is 10.1 Å². The number of pyridine rings is 1. The van der Waals surface area contributed by atoms with Crippen LogP contribution in [0.2, 0.25) is 0 Å². The van der Waals surface area contributed by atoms with Gasteiger partial charge in [0.15, 0.2) is 0 Å². The first-order valence-electron chi connectivity index (χ1n) is 7.94. The minimum atomic E-state index is -0.0434. The maximum atomic E-state index is 12.9. The molecule has 2 aromatic heterocycles. The van der Waals surface area contributed by atoms with Gasteiger partial charge in [0.2, 0.25) is 0 Å². The van der Waals surface area contributed by atoms with Crippen molar-refractivity contribution in [2.75, 3.05) is 13.1 Å². The Labute approximate surface area is 134 Å². The molecule has 1 amide bonds. The zero-order valence-corrected chi connectivity index (χ0v) is 14.2. The lowest BCUT2D eigenvalue weighted by Crippen LogP contribution is -2.38. The lowest BCUT2D eigenvalue weighted by atomic mass is 9.98. The van der Waals surface area contributed by atoms with Gasteiger partial charge in [-0.2, -0.15) is 0 Å². The van der Waals surface area contributed by atoms with Gasteiger partial charge in [-0.25, -0.2) is 0 Å². The van der Waals surface area contributed by atoms with Gasteiger partial charge in [0.1, 0.15) is 0 Å². The highest BCUT2D eigenvalue weighted by Gasteiger charge is 2.26. The van der Waals surface area contributed by atoms with Crippen LogP contribution in [-0.2, 0) is 6.54 Å². The number of fused-ring (bicyclic) bond motifs is 1. The summed E-state index contributed by atoms with van der Waals surface area (Å²) in [7, 11) is 0. The summed E-state index contributed by atoms with van der Waals surface area (Å²) >= 11 is 1.54. The van der Waals surface area contributed by atoms with Crippen molar-refractivity contribution in [1.82, 2.24) is 9.47 Å². The van der Waals surface area contributed by atoms with E-state index in [1.807, 2.05) is 31.0 Å². The topological polar surface area (TPSA) is 42.3 Å². The minimum Gasteiger partial charge on any atom is -0.339 e. The van der Waals surface area contributed by atoms with Gasteiger partial charge in [0, 0.05) is 35.4 Å². The number of hydrogen-bond acceptors (Lipinski definition) is 3. The average molecular weight is 318 g/mol. The number of aromatic nitrogens is 1. The molecule has 3 rings (SSSR count). The number of aryl methyl sites for hydroxylation is 2. The van der Waals surface area contributed by atoms with E-state index in [2.05, 4.69) is 6.92 Å². The van der Waals surface area contributed by atoms with E-state index in [1.165, 1.54) is 0 Å². The zero-order valence-electron chi connectivity index (χ0n) is 13.4. The molecule has 1 fully saturated rings. The number of carbonyl (C=O) groups excluding carboxylic acids is 1. The zero-order chi connectivity index (χ0) is 15.9. The molecule has 0 aromatic carbocycles. The second-order valence-corrected chi connectivity index (χ2v) is 7.41. The van der Waals surface area contributed by atoms with Crippen molar-refractivity contribution >= 4 is 27.3 Å². The fraction of sp³-hybridized carbons (Fsp3) is 0.529. The summed E-state index contributed by atoms with van der Waals surface area (Å²) in [6.45, 7) is 8.34. The van der Waals surface area contributed by atoms with Gasteiger partial charge in [-0.1, -0.05) is 6.92 Å². The molecule has 3 heterocycles. The summed E-state index contributed by atoms with van der Waals surface area (Å²) in [5.41, 5.74) is 0.584. The number of amides is 1. The second-order valence-electron chi connectivity index (χ2n) is 6.15. The summed E-state index contributed by atoms with van der Waals surface area (Å²) in [6, 6.07) is 1.95. The number of piperidine rings is 1. The Hall–Kier alpha value is -1.62. The molecular weight excluding hydrogens is 296 g/mol. The monoisotopic (exact) mass is 318 g/mol. The molecule has 4 nitrogen and oxygen atoms in total. The number of hydrogen-bond donors (Lipinski definition) is 0. The lowest BCUT2D eigenvalue weighted by Gasteiger charge is -2.30. The fourth-order valence-electron chi connectivity index (χ4n) is 3.14. The summed E-state index contributed by atoms with van der Waals surface area (Å²) in [5, 5.41) is 0.607. The van der Waals surface area contributed by atoms with Crippen molar-refractivity contribution in [3.63, 3.8) is 0 Å². The summed E-state index contributed by atoms with van der Waals surface area (Å²) in [6.07, 6.45) is 3.91. The van der Waals surface area contributed by atoms with Crippen LogP contribution >= 0.6 is 11.3 Å². The molecule has 1 aliphatic rings. The molecule has 0 unspecified atom stereocenters. The van der Waals surface area contributed by atoms with Gasteiger partial charge < -0.3 is 9.47 Å². The van der Waals surface area contributed by atoms with Crippen LogP contribution in [0.3, 0.4) is 0 Å². The number of rotatable bonds is 2. The fourth-order valence-corrected chi connectivity index (χ4v) is 4.18. The third kappa shape index (κ3) is 2.47. The molecule has 1 saturated heterocycles. The van der Waals surface area contributed by atoms with Crippen LogP contribution in [0.1, 0.15) is 41.9 Å². The maximum absolute atomic E-state index is 12.9. The Morgan fingerprint density at radius 2 is 2.05 bits per heavy atom. The Balaban J connectivity index is 2.08. The summed E-state index contributed by atoms with van der Waals surface area (Å²) in [5.74, 6) is 0.711. The molecule has 22 heavy (non-hydrogen) atoms. The van der Waals surface area contributed by atoms with Crippen LogP contribution in [0, 0.1) is 12.8 Å². The van der Waals surface area contributed by atoms with Crippen LogP contribution in [0.15, 0.2) is 17.1 Å². The Morgan fingerprint density at radius 1 is 1.36 bits per heavy atom. The lowest BCUT2D eigenvalue weighted by molar-refractivity contribution is 0.0699. The predicted molar refractivity (Wildman–Crippen MR) is 90.8 cm³/mol. The van der Waals surface area contributed by atoms with Gasteiger partial charge in [0.05, 0.1) is 10.9 Å². The first kappa shape index (κ1) is 15.3. The predicted octanol–water partition coefficient (Wildman–Crippen LogP) is 3.26. The van der Waals surface area contributed by atoms with Gasteiger partial charge in [-0.3, -0.25) is 9.59 Å². The van der Waals surface area contributed by atoms with E-state index >= 15 is 0 Å². The molecule has 0 bridgehead atoms. The summed E-state index contributed by atoms with van der Waals surface area (Å²) in [4.78, 5) is 28.4. The molecule has 0 saturated carbocycles. The highest BCUT2D eigenvalue weighted by Crippen LogP contribution is 2.30. The molecule has 0 spiro atoms. The first-order valence-corrected chi connectivity index (χ1v) is 8.76. The second kappa shape index (κ2) is 5.88. The molecule has 0 aliphatic carbocycles. The van der Waals surface area contributed by atoms with Gasteiger partial charge in [-0.05, 0) is 38.7 Å². The van der Waals surface area contributed by atoms with Crippen LogP contribution in [0.5, 0.6) is 0 Å². The third-order valence-electron chi connectivity index (χ3n) is 4.62. The highest BCUT2D eigenvalue weighted by molar-refractivity contribution is 7.19. The van der Waals surface area contributed by atoms with Crippen molar-refractivity contribution in [1.29, 1.82) is 0 Å². The number of thiophene rings is 1. The SMILES string of the molecule is CCn1ccc2sc(C)c(C(=O)N3CCC(C)CC3)c2c1=O. The van der Waals surface area contributed by atoms with Crippen molar-refractivity contribution in [3.05, 3.63) is 33.1 Å². The quantitative estimate of drug-likeness (QED) is 0.853. The molecule has 1 aliphatic heterocycles. The van der Waals surface area contributed by atoms with E-state index in [1.54, 1.807) is 15.9 Å². The molecule has 5 heteroatoms. The largest absolute Gasteiger partial charge is 0.339 e. The van der Waals surface area contributed by atoms with Gasteiger partial charge in [0.25, 0.3) is 11.5 Å². The molecule has 118 valence electrons. The average Bonchev–Trinajstić information content (AvgIpc) is 2.85. The van der Waals surface area contributed by atoms with Crippen LogP contribution < -0.4 is 5.56 Å². The standard InChI is InChI=1S/C17H22N2O2S/c1-4-18-10-7-13-15(17(18)21)14(12(3)22-13)16(20)19-8-5-11(2)6-9-19/h7,10-11H,4-6,8-9H2,1-3H3. The van der Waals surface area contributed by atoms with Crippen molar-refractivity contribution < 1.29 is 4.79 Å². The van der Waals surface area contributed by atoms with E-state index < -0.39 is 0 Å². The van der Waals surface area contributed by atoms with Crippen LogP contribution in [-0.4, -0.2) is 28.5 Å². The Kier molecular flexibility index (Phi) is 4.08. The smallest absolute Gasteiger partial charge is 0.260 e. The third-order valence-corrected chi connectivity index (χ3v) is 5.69. The first-order chi connectivity index (χ1) is 10.5. The Bertz CT molecular complexity index is 767. The van der Waals surface area contributed by atoms with Crippen molar-refractivity contribution in [2.45, 2.75) is 40.2 Å². The molecule has 0 atom stereocenters. The number of likely N-dealkylation sites (tertiary alicyclic amines) is 1. The normalized spacial score (nSPS) is 16.4. The van der Waals surface area contributed by atoms with E-state index in [9.17, 15) is 9.59 Å². The van der Waals surface area contributed by atoms with E-state index in [-0.39, 0.29) is 11.5 Å². The molecule has 2 aromatic rings. The summed E-state index contributed by atoms with van der Waals surface area (Å²) < 4.78 is 2.59. The van der Waals surface area contributed by atoms with E-state index in [0.29, 0.717) is 23.4 Å². The van der Waals surface area contributed by atoms with Crippen LogP contribution in [0.4, 0.5) is 0 Å². The molecule has 0 N–H and O–H groups in total. The maximum Gasteiger partial charge on any atom is 0.260 e. The highest BCUT2D eigenvalue weighted by atomic mass is 32.1. The van der Waals surface area contributed by atoms with E-state index in [0.717, 1.165) is 35.5 Å². The molecule has 0 radical (unpaired) electrons. The van der Waals surface area contributed by atoms with Crippen molar-refractivity contribution in [2.24, 2.45) is 5.92 Å². The Morgan fingerprint density at radius 3 is 2.68 bits per heavy atom. The number of nitrogens with zero attached hydrogens (tertiary/aromatic N) is 2. The van der Waals surface area contributed by atoms with Crippen molar-refractivity contribution in [3.8, 4) is 0 Å². The number of carbonyl (C=O) groups is 1. The minimum absolute atomic E-state index is 0.0293. The van der Waals surface area contributed by atoms with E-state index in [4.69, 9.17) is 0 Å². The molecular formula is C17H22N2O2S. The van der Waals surface area contributed by atoms with Gasteiger partial charge in [-0.15, -0.1) is 11.3 Å².